The number of ether oxygens (including phenoxy) is 2. The second-order valence-electron chi connectivity index (χ2n) is 7.12. The van der Waals surface area contributed by atoms with E-state index in [0.717, 1.165) is 31.0 Å². The molecule has 4 heteroatoms. The monoisotopic (exact) mass is 341 g/mol. The molecule has 0 radical (unpaired) electrons. The summed E-state index contributed by atoms with van der Waals surface area (Å²) in [5, 5.41) is 0. The van der Waals surface area contributed by atoms with Crippen LogP contribution in [0, 0.1) is 0 Å². The van der Waals surface area contributed by atoms with Crippen molar-refractivity contribution < 1.29 is 9.47 Å². The second-order valence-corrected chi connectivity index (χ2v) is 8.35. The Morgan fingerprint density at radius 3 is 2.92 bits per heavy atom. The van der Waals surface area contributed by atoms with Crippen LogP contribution in [-0.4, -0.2) is 25.7 Å². The first-order chi connectivity index (χ1) is 11.7. The molecule has 1 fully saturated rings. The van der Waals surface area contributed by atoms with Gasteiger partial charge >= 0.3 is 0 Å². The molecular formula is C20H23NO2S. The highest BCUT2D eigenvalue weighted by Crippen LogP contribution is 2.69. The number of fused-ring (bicyclic) bond motifs is 3. The highest BCUT2D eigenvalue weighted by atomic mass is 32.1. The predicted molar refractivity (Wildman–Crippen MR) is 96.4 cm³/mol. The molecule has 0 saturated heterocycles. The van der Waals surface area contributed by atoms with Crippen molar-refractivity contribution in [2.45, 2.75) is 44.2 Å². The summed E-state index contributed by atoms with van der Waals surface area (Å²) >= 11 is 2.04. The molecule has 2 aromatic rings. The van der Waals surface area contributed by atoms with Gasteiger partial charge in [-0.3, -0.25) is 4.90 Å². The summed E-state index contributed by atoms with van der Waals surface area (Å²) < 4.78 is 11.2. The van der Waals surface area contributed by atoms with Crippen LogP contribution >= 0.6 is 11.3 Å². The van der Waals surface area contributed by atoms with E-state index < -0.39 is 0 Å². The first kappa shape index (κ1) is 14.8. The highest BCUT2D eigenvalue weighted by Gasteiger charge is 2.64. The van der Waals surface area contributed by atoms with Crippen LogP contribution in [0.3, 0.4) is 0 Å². The van der Waals surface area contributed by atoms with E-state index in [0.29, 0.717) is 5.92 Å². The van der Waals surface area contributed by atoms with Gasteiger partial charge in [0, 0.05) is 34.3 Å². The lowest BCUT2D eigenvalue weighted by atomic mass is 9.86. The van der Waals surface area contributed by atoms with Crippen LogP contribution in [0.1, 0.15) is 45.7 Å². The summed E-state index contributed by atoms with van der Waals surface area (Å²) in [6.07, 6.45) is 3.60. The number of aryl methyl sites for hydroxylation is 1. The van der Waals surface area contributed by atoms with E-state index in [-0.39, 0.29) is 5.54 Å². The maximum absolute atomic E-state index is 5.72. The van der Waals surface area contributed by atoms with Crippen molar-refractivity contribution in [1.29, 1.82) is 0 Å². The van der Waals surface area contributed by atoms with Crippen molar-refractivity contribution in [1.82, 2.24) is 4.90 Å². The van der Waals surface area contributed by atoms with Crippen molar-refractivity contribution in [3.8, 4) is 11.5 Å². The molecule has 1 aromatic carbocycles. The molecule has 24 heavy (non-hydrogen) atoms. The lowest BCUT2D eigenvalue weighted by molar-refractivity contribution is 0.138. The molecule has 1 spiro atoms. The Morgan fingerprint density at radius 2 is 2.17 bits per heavy atom. The topological polar surface area (TPSA) is 21.7 Å². The van der Waals surface area contributed by atoms with E-state index in [1.807, 2.05) is 11.3 Å². The minimum absolute atomic E-state index is 0.268. The van der Waals surface area contributed by atoms with Gasteiger partial charge in [-0.05, 0) is 42.5 Å². The van der Waals surface area contributed by atoms with Gasteiger partial charge in [-0.15, -0.1) is 11.3 Å². The number of methoxy groups -OCH3 is 2. The van der Waals surface area contributed by atoms with Gasteiger partial charge in [0.15, 0.2) is 11.5 Å². The smallest absolute Gasteiger partial charge is 0.165 e. The molecule has 126 valence electrons. The summed E-state index contributed by atoms with van der Waals surface area (Å²) in [4.78, 5) is 5.88. The molecule has 3 heterocycles. The molecule has 1 saturated carbocycles. The van der Waals surface area contributed by atoms with Crippen LogP contribution in [0.2, 0.25) is 0 Å². The summed E-state index contributed by atoms with van der Waals surface area (Å²) in [6.45, 7) is 4.40. The first-order valence-electron chi connectivity index (χ1n) is 8.83. The van der Waals surface area contributed by atoms with Gasteiger partial charge in [0.05, 0.1) is 19.8 Å². The standard InChI is InChI=1S/C20H23NO2S/c1-4-12-9-15-18(24-12)7-8-21-11-14-13(16-10-20(15,16)21)5-6-17(22-2)19(14)23-3/h5-6,9,16H,4,7-8,10-11H2,1-3H3. The number of hydrogen-bond acceptors (Lipinski definition) is 4. The van der Waals surface area contributed by atoms with E-state index in [1.54, 1.807) is 29.5 Å². The molecule has 2 aliphatic heterocycles. The van der Waals surface area contributed by atoms with E-state index in [4.69, 9.17) is 9.47 Å². The van der Waals surface area contributed by atoms with Crippen molar-refractivity contribution in [3.63, 3.8) is 0 Å². The molecule has 2 unspecified atom stereocenters. The molecule has 1 aliphatic carbocycles. The van der Waals surface area contributed by atoms with E-state index in [9.17, 15) is 0 Å². The van der Waals surface area contributed by atoms with Crippen LogP contribution in [0.15, 0.2) is 18.2 Å². The molecular weight excluding hydrogens is 318 g/mol. The Kier molecular flexibility index (Phi) is 3.08. The number of nitrogens with zero attached hydrogens (tertiary/aromatic N) is 1. The van der Waals surface area contributed by atoms with Crippen LogP contribution < -0.4 is 9.47 Å². The quantitative estimate of drug-likeness (QED) is 0.839. The Balaban J connectivity index is 1.65. The number of benzene rings is 1. The van der Waals surface area contributed by atoms with Crippen molar-refractivity contribution in [2.75, 3.05) is 20.8 Å². The number of hydrogen-bond donors (Lipinski definition) is 0. The average molecular weight is 341 g/mol. The fourth-order valence-corrected chi connectivity index (χ4v) is 6.17. The average Bonchev–Trinajstić information content (AvgIpc) is 3.21. The zero-order valence-corrected chi connectivity index (χ0v) is 15.3. The van der Waals surface area contributed by atoms with Gasteiger partial charge in [-0.2, -0.15) is 0 Å². The highest BCUT2D eigenvalue weighted by molar-refractivity contribution is 7.12. The third-order valence-corrected chi connectivity index (χ3v) is 7.53. The molecule has 5 rings (SSSR count). The molecule has 0 N–H and O–H groups in total. The maximum atomic E-state index is 5.72. The third kappa shape index (κ3) is 1.71. The van der Waals surface area contributed by atoms with Gasteiger partial charge in [-0.25, -0.2) is 0 Å². The number of rotatable bonds is 3. The molecule has 2 atom stereocenters. The Hall–Kier alpha value is -1.52. The fraction of sp³-hybridized carbons (Fsp3) is 0.500. The first-order valence-corrected chi connectivity index (χ1v) is 9.65. The van der Waals surface area contributed by atoms with Crippen molar-refractivity contribution in [2.24, 2.45) is 0 Å². The molecule has 3 aliphatic rings. The molecule has 3 nitrogen and oxygen atoms in total. The van der Waals surface area contributed by atoms with Crippen LogP contribution in [-0.2, 0) is 24.9 Å². The lowest BCUT2D eigenvalue weighted by Crippen LogP contribution is -2.43. The Labute approximate surface area is 147 Å². The van der Waals surface area contributed by atoms with E-state index >= 15 is 0 Å². The predicted octanol–water partition coefficient (Wildman–Crippen LogP) is 4.08. The van der Waals surface area contributed by atoms with Crippen LogP contribution in [0.25, 0.3) is 0 Å². The van der Waals surface area contributed by atoms with E-state index in [2.05, 4.69) is 30.0 Å². The maximum Gasteiger partial charge on any atom is 0.165 e. The summed E-state index contributed by atoms with van der Waals surface area (Å²) in [6, 6.07) is 6.85. The second kappa shape index (κ2) is 4.99. The Bertz CT molecular complexity index is 827. The third-order valence-electron chi connectivity index (χ3n) is 6.19. The van der Waals surface area contributed by atoms with Crippen LogP contribution in [0.5, 0.6) is 11.5 Å². The minimum Gasteiger partial charge on any atom is -0.493 e. The Morgan fingerprint density at radius 1 is 1.29 bits per heavy atom. The van der Waals surface area contributed by atoms with Gasteiger partial charge in [0.2, 0.25) is 0 Å². The van der Waals surface area contributed by atoms with Crippen molar-refractivity contribution >= 4 is 11.3 Å². The molecule has 1 aromatic heterocycles. The zero-order valence-electron chi connectivity index (χ0n) is 14.5. The molecule has 0 amide bonds. The van der Waals surface area contributed by atoms with Gasteiger partial charge in [-0.1, -0.05) is 13.0 Å². The minimum atomic E-state index is 0.268. The van der Waals surface area contributed by atoms with Gasteiger partial charge in [0.1, 0.15) is 0 Å². The normalized spacial score (nSPS) is 26.9. The van der Waals surface area contributed by atoms with E-state index in [1.165, 1.54) is 24.0 Å². The summed E-state index contributed by atoms with van der Waals surface area (Å²) in [7, 11) is 3.48. The van der Waals surface area contributed by atoms with Crippen molar-refractivity contribution in [3.05, 3.63) is 44.6 Å². The summed E-state index contributed by atoms with van der Waals surface area (Å²) in [5.41, 5.74) is 4.70. The lowest BCUT2D eigenvalue weighted by Gasteiger charge is -2.41. The zero-order chi connectivity index (χ0) is 16.5. The van der Waals surface area contributed by atoms with Crippen LogP contribution in [0.4, 0.5) is 0 Å². The van der Waals surface area contributed by atoms with Gasteiger partial charge in [0.25, 0.3) is 0 Å². The fourth-order valence-electron chi connectivity index (χ4n) is 4.99. The van der Waals surface area contributed by atoms with Gasteiger partial charge < -0.3 is 9.47 Å². The largest absolute Gasteiger partial charge is 0.493 e. The SMILES string of the molecule is CCc1cc2c(s1)CCN1Cc3c(ccc(OC)c3OC)C3CC231. The summed E-state index contributed by atoms with van der Waals surface area (Å²) in [5.74, 6) is 2.39. The number of thiophene rings is 1. The molecule has 0 bridgehead atoms.